The average Bonchev–Trinajstić information content (AvgIpc) is 3.58. The molecule has 2 fully saturated rings. The number of non-ortho nitro benzene ring substituents is 1. The number of anilines is 1. The molecular formula is C27H19Cl2N3O4S. The van der Waals surface area contributed by atoms with Crippen LogP contribution in [0, 0.1) is 15.5 Å². The molecule has 2 spiro atoms. The molecule has 2 saturated heterocycles. The standard InChI is InChI=1S/C27H19Cl2N3O4S/c28-15-5-7-18(20(29)9-15)23-22-12-37-13-31(22)27(26(23)11-14-3-1-2-4-17(14)24(26)33)19-10-16(32(35)36)6-8-21(19)30-25(27)34/h1-10,22-23H,11-13H2,(H,30,34)/t22-,23-,26-,27-/m0/s1. The zero-order valence-corrected chi connectivity index (χ0v) is 21.6. The summed E-state index contributed by atoms with van der Waals surface area (Å²) in [6.45, 7) is 0. The first-order valence-electron chi connectivity index (χ1n) is 11.8. The number of thioether (sulfide) groups is 1. The number of ketones is 1. The molecule has 3 heterocycles. The van der Waals surface area contributed by atoms with E-state index >= 15 is 0 Å². The van der Waals surface area contributed by atoms with Gasteiger partial charge in [-0.1, -0.05) is 53.5 Å². The van der Waals surface area contributed by atoms with Crippen LogP contribution in [0.2, 0.25) is 10.0 Å². The van der Waals surface area contributed by atoms with Gasteiger partial charge < -0.3 is 5.32 Å². The third-order valence-electron chi connectivity index (χ3n) is 8.53. The fourth-order valence-electron chi connectivity index (χ4n) is 7.29. The summed E-state index contributed by atoms with van der Waals surface area (Å²) >= 11 is 14.7. The molecule has 1 aliphatic carbocycles. The largest absolute Gasteiger partial charge is 0.324 e. The van der Waals surface area contributed by atoms with Crippen LogP contribution in [-0.4, -0.2) is 39.2 Å². The molecule has 3 aromatic carbocycles. The number of halogens is 2. The molecule has 3 aromatic rings. The van der Waals surface area contributed by atoms with Crippen molar-refractivity contribution >= 4 is 58.0 Å². The summed E-state index contributed by atoms with van der Waals surface area (Å²) in [5, 5.41) is 15.7. The highest BCUT2D eigenvalue weighted by Crippen LogP contribution is 2.71. The van der Waals surface area contributed by atoms with Gasteiger partial charge in [0.05, 0.1) is 10.3 Å². The zero-order chi connectivity index (χ0) is 25.7. The normalized spacial score (nSPS) is 29.6. The Morgan fingerprint density at radius 3 is 2.65 bits per heavy atom. The number of hydrogen-bond acceptors (Lipinski definition) is 6. The highest BCUT2D eigenvalue weighted by molar-refractivity contribution is 7.99. The lowest BCUT2D eigenvalue weighted by Crippen LogP contribution is -2.58. The first-order valence-corrected chi connectivity index (χ1v) is 13.7. The van der Waals surface area contributed by atoms with Gasteiger partial charge in [0.2, 0.25) is 0 Å². The van der Waals surface area contributed by atoms with E-state index in [-0.39, 0.29) is 23.4 Å². The van der Waals surface area contributed by atoms with Crippen LogP contribution in [0.4, 0.5) is 11.4 Å². The molecule has 186 valence electrons. The van der Waals surface area contributed by atoms with Gasteiger partial charge in [0.25, 0.3) is 11.6 Å². The number of fused-ring (bicyclic) bond motifs is 6. The van der Waals surface area contributed by atoms with E-state index in [1.807, 2.05) is 24.3 Å². The van der Waals surface area contributed by atoms with Gasteiger partial charge in [0.15, 0.2) is 5.78 Å². The Bertz CT molecular complexity index is 1560. The van der Waals surface area contributed by atoms with Gasteiger partial charge in [0.1, 0.15) is 5.54 Å². The van der Waals surface area contributed by atoms with E-state index in [4.69, 9.17) is 23.2 Å². The molecule has 4 atom stereocenters. The van der Waals surface area contributed by atoms with Gasteiger partial charge in [-0.3, -0.25) is 24.6 Å². The van der Waals surface area contributed by atoms with E-state index in [1.54, 1.807) is 36.0 Å². The number of nitrogens with zero attached hydrogens (tertiary/aromatic N) is 2. The van der Waals surface area contributed by atoms with Crippen LogP contribution in [0.1, 0.15) is 33.0 Å². The Morgan fingerprint density at radius 1 is 1.08 bits per heavy atom. The zero-order valence-electron chi connectivity index (χ0n) is 19.2. The van der Waals surface area contributed by atoms with Gasteiger partial charge >= 0.3 is 0 Å². The van der Waals surface area contributed by atoms with Crippen LogP contribution >= 0.6 is 35.0 Å². The van der Waals surface area contributed by atoms with Crippen LogP contribution in [0.15, 0.2) is 60.7 Å². The van der Waals surface area contributed by atoms with Crippen molar-refractivity contribution < 1.29 is 14.5 Å². The summed E-state index contributed by atoms with van der Waals surface area (Å²) in [4.78, 5) is 42.5. The van der Waals surface area contributed by atoms with Crippen LogP contribution in [-0.2, 0) is 16.8 Å². The molecule has 4 aliphatic rings. The molecule has 1 amide bonds. The molecule has 0 bridgehead atoms. The number of nitro groups is 1. The lowest BCUT2D eigenvalue weighted by atomic mass is 9.58. The first kappa shape index (κ1) is 23.2. The number of nitro benzene ring substituents is 1. The van der Waals surface area contributed by atoms with Crippen molar-refractivity contribution in [1.82, 2.24) is 4.90 Å². The smallest absolute Gasteiger partial charge is 0.269 e. The molecular weight excluding hydrogens is 533 g/mol. The summed E-state index contributed by atoms with van der Waals surface area (Å²) in [7, 11) is 0. The summed E-state index contributed by atoms with van der Waals surface area (Å²) in [6.07, 6.45) is 0.318. The van der Waals surface area contributed by atoms with Gasteiger partial charge in [-0.25, -0.2) is 0 Å². The van der Waals surface area contributed by atoms with E-state index in [9.17, 15) is 19.7 Å². The minimum Gasteiger partial charge on any atom is -0.324 e. The second-order valence-electron chi connectivity index (χ2n) is 9.97. The molecule has 7 nitrogen and oxygen atoms in total. The number of amides is 1. The van der Waals surface area contributed by atoms with Crippen molar-refractivity contribution in [3.05, 3.63) is 103 Å². The molecule has 0 radical (unpaired) electrons. The monoisotopic (exact) mass is 551 g/mol. The molecule has 10 heteroatoms. The predicted molar refractivity (Wildman–Crippen MR) is 142 cm³/mol. The maximum atomic E-state index is 14.7. The number of carbonyl (C=O) groups excluding carboxylic acids is 2. The van der Waals surface area contributed by atoms with E-state index in [1.165, 1.54) is 12.1 Å². The topological polar surface area (TPSA) is 92.5 Å². The minimum atomic E-state index is -1.44. The van der Waals surface area contributed by atoms with E-state index in [0.717, 1.165) is 11.1 Å². The Labute approximate surface area is 226 Å². The van der Waals surface area contributed by atoms with Crippen LogP contribution in [0.5, 0.6) is 0 Å². The third-order valence-corrected chi connectivity index (χ3v) is 10.1. The van der Waals surface area contributed by atoms with Crippen molar-refractivity contribution in [3.8, 4) is 0 Å². The number of benzene rings is 3. The maximum absolute atomic E-state index is 14.7. The summed E-state index contributed by atoms with van der Waals surface area (Å²) in [6, 6.07) is 17.0. The lowest BCUT2D eigenvalue weighted by molar-refractivity contribution is -0.385. The van der Waals surface area contributed by atoms with Crippen molar-refractivity contribution in [2.75, 3.05) is 16.9 Å². The molecule has 0 aromatic heterocycles. The van der Waals surface area contributed by atoms with Gasteiger partial charge in [0, 0.05) is 62.6 Å². The summed E-state index contributed by atoms with van der Waals surface area (Å²) in [5.41, 5.74) is 0.360. The molecule has 3 aliphatic heterocycles. The highest BCUT2D eigenvalue weighted by Gasteiger charge is 2.79. The first-order chi connectivity index (χ1) is 17.8. The van der Waals surface area contributed by atoms with Crippen LogP contribution < -0.4 is 5.32 Å². The van der Waals surface area contributed by atoms with E-state index in [0.29, 0.717) is 44.9 Å². The number of hydrogen-bond donors (Lipinski definition) is 1. The average molecular weight is 552 g/mol. The Balaban J connectivity index is 1.59. The van der Waals surface area contributed by atoms with Crippen LogP contribution in [0.25, 0.3) is 0 Å². The van der Waals surface area contributed by atoms with Gasteiger partial charge in [-0.05, 0) is 35.7 Å². The van der Waals surface area contributed by atoms with Crippen molar-refractivity contribution in [3.63, 3.8) is 0 Å². The van der Waals surface area contributed by atoms with Crippen molar-refractivity contribution in [2.45, 2.75) is 23.9 Å². The molecule has 0 saturated carbocycles. The SMILES string of the molecule is O=C1Nc2ccc([N+](=O)[O-])cc2[C@]12N1CSC[C@H]1[C@H](c1ccc(Cl)cc1Cl)[C@]21Cc2ccccc2C1=O. The minimum absolute atomic E-state index is 0.121. The fourth-order valence-corrected chi connectivity index (χ4v) is 9.12. The molecule has 7 rings (SSSR count). The Morgan fingerprint density at radius 2 is 1.89 bits per heavy atom. The second-order valence-corrected chi connectivity index (χ2v) is 11.8. The third kappa shape index (κ3) is 2.74. The highest BCUT2D eigenvalue weighted by atomic mass is 35.5. The number of Topliss-reactive ketones (excluding diaryl/α,β-unsaturated/α-hetero) is 1. The Hall–Kier alpha value is -2.91. The molecule has 37 heavy (non-hydrogen) atoms. The molecule has 0 unspecified atom stereocenters. The van der Waals surface area contributed by atoms with Gasteiger partial charge in [-0.15, -0.1) is 11.8 Å². The van der Waals surface area contributed by atoms with Gasteiger partial charge in [-0.2, -0.15) is 0 Å². The fraction of sp³-hybridized carbons (Fsp3) is 0.259. The lowest BCUT2D eigenvalue weighted by Gasteiger charge is -2.44. The van der Waals surface area contributed by atoms with Crippen molar-refractivity contribution in [2.24, 2.45) is 5.41 Å². The second kappa shape index (κ2) is 7.80. The Kier molecular flexibility index (Phi) is 4.90. The predicted octanol–water partition coefficient (Wildman–Crippen LogP) is 5.65. The summed E-state index contributed by atoms with van der Waals surface area (Å²) in [5.74, 6) is 0.294. The van der Waals surface area contributed by atoms with Crippen molar-refractivity contribution in [1.29, 1.82) is 0 Å². The van der Waals surface area contributed by atoms with E-state index < -0.39 is 21.8 Å². The summed E-state index contributed by atoms with van der Waals surface area (Å²) < 4.78 is 0. The molecule has 1 N–H and O–H groups in total. The maximum Gasteiger partial charge on any atom is 0.269 e. The van der Waals surface area contributed by atoms with Crippen LogP contribution in [0.3, 0.4) is 0 Å². The number of nitrogens with one attached hydrogen (secondary N) is 1. The number of rotatable bonds is 2. The number of carbonyl (C=O) groups is 2. The van der Waals surface area contributed by atoms with E-state index in [2.05, 4.69) is 10.2 Å². The quantitative estimate of drug-likeness (QED) is 0.327.